The highest BCUT2D eigenvalue weighted by atomic mass is 35.5. The number of hydrogen-bond donors (Lipinski definition) is 0. The second kappa shape index (κ2) is 6.62. The van der Waals surface area contributed by atoms with E-state index >= 15 is 0 Å². The molecule has 29 heavy (non-hydrogen) atoms. The first-order chi connectivity index (χ1) is 13.5. The zero-order valence-corrected chi connectivity index (χ0v) is 17.4. The van der Waals surface area contributed by atoms with Crippen LogP contribution in [0.3, 0.4) is 0 Å². The number of nitrogens with zero attached hydrogens (tertiary/aromatic N) is 5. The highest BCUT2D eigenvalue weighted by Crippen LogP contribution is 2.46. The van der Waals surface area contributed by atoms with Crippen LogP contribution in [0.15, 0.2) is 18.3 Å². The quantitative estimate of drug-likeness (QED) is 0.542. The molecule has 9 nitrogen and oxygen atoms in total. The summed E-state index contributed by atoms with van der Waals surface area (Å²) in [6, 6.07) is 3.14. The highest BCUT2D eigenvalue weighted by Gasteiger charge is 2.38. The molecule has 2 aliphatic rings. The van der Waals surface area contributed by atoms with Crippen LogP contribution in [-0.2, 0) is 11.3 Å². The number of amides is 1. The molecule has 0 unspecified atom stereocenters. The summed E-state index contributed by atoms with van der Waals surface area (Å²) in [7, 11) is 1.81. The molecule has 1 amide bonds. The predicted octanol–water partition coefficient (Wildman–Crippen LogP) is 3.85. The molecule has 0 spiro atoms. The number of halogens is 1. The molecule has 4 rings (SSSR count). The van der Waals surface area contributed by atoms with Crippen LogP contribution in [0.25, 0.3) is 11.1 Å². The topological polar surface area (TPSA) is 93.7 Å². The van der Waals surface area contributed by atoms with E-state index in [1.165, 1.54) is 6.07 Å². The van der Waals surface area contributed by atoms with Crippen molar-refractivity contribution >= 4 is 29.1 Å². The van der Waals surface area contributed by atoms with Crippen LogP contribution in [0.4, 0.5) is 16.2 Å². The molecule has 0 radical (unpaired) electrons. The molecule has 1 fully saturated rings. The maximum atomic E-state index is 12.2. The van der Waals surface area contributed by atoms with Crippen LogP contribution in [-0.4, -0.2) is 51.4 Å². The van der Waals surface area contributed by atoms with Gasteiger partial charge in [0.15, 0.2) is 0 Å². The molecule has 1 aromatic heterocycles. The third kappa shape index (κ3) is 3.39. The molecule has 0 atom stereocenters. The number of nitro groups is 1. The largest absolute Gasteiger partial charge is 0.444 e. The van der Waals surface area contributed by atoms with E-state index in [0.717, 1.165) is 11.3 Å². The molecule has 3 heterocycles. The standard InChI is InChI=1S/C19H22ClN5O4/c1-19(2,3)29-18(26)23-8-12(9-23)24-16-10-22(4)17-13(14(16)7-21-24)5-11(20)6-15(17)25(27)28/h5-7,12H,8-10H2,1-4H3. The fraction of sp³-hybridized carbons (Fsp3) is 0.474. The Bertz CT molecular complexity index is 1010. The maximum Gasteiger partial charge on any atom is 0.410 e. The van der Waals surface area contributed by atoms with E-state index in [4.69, 9.17) is 16.3 Å². The summed E-state index contributed by atoms with van der Waals surface area (Å²) in [6.07, 6.45) is 1.39. The lowest BCUT2D eigenvalue weighted by molar-refractivity contribution is -0.384. The Labute approximate surface area is 172 Å². The Morgan fingerprint density at radius 3 is 2.62 bits per heavy atom. The van der Waals surface area contributed by atoms with E-state index in [9.17, 15) is 14.9 Å². The van der Waals surface area contributed by atoms with Crippen molar-refractivity contribution in [2.75, 3.05) is 25.0 Å². The van der Waals surface area contributed by atoms with Crippen LogP contribution >= 0.6 is 11.6 Å². The average Bonchev–Trinajstić information content (AvgIpc) is 2.94. The fourth-order valence-corrected chi connectivity index (χ4v) is 4.02. The number of nitro benzene ring substituents is 1. The van der Waals surface area contributed by atoms with Gasteiger partial charge in [0.05, 0.1) is 29.4 Å². The van der Waals surface area contributed by atoms with E-state index in [0.29, 0.717) is 35.9 Å². The van der Waals surface area contributed by atoms with Crippen molar-refractivity contribution in [1.82, 2.24) is 14.7 Å². The third-order valence-corrected chi connectivity index (χ3v) is 5.29. The van der Waals surface area contributed by atoms with Crippen LogP contribution in [0.5, 0.6) is 0 Å². The van der Waals surface area contributed by atoms with Crippen molar-refractivity contribution in [3.63, 3.8) is 0 Å². The van der Waals surface area contributed by atoms with Crippen LogP contribution in [0, 0.1) is 10.1 Å². The summed E-state index contributed by atoms with van der Waals surface area (Å²) in [4.78, 5) is 26.8. The summed E-state index contributed by atoms with van der Waals surface area (Å²) in [5.41, 5.74) is 2.46. The van der Waals surface area contributed by atoms with Crippen molar-refractivity contribution < 1.29 is 14.5 Å². The molecule has 2 aromatic rings. The van der Waals surface area contributed by atoms with E-state index in [1.807, 2.05) is 37.4 Å². The molecule has 2 aliphatic heterocycles. The number of rotatable bonds is 2. The second-order valence-electron chi connectivity index (χ2n) is 8.42. The minimum atomic E-state index is -0.534. The summed E-state index contributed by atoms with van der Waals surface area (Å²) in [6.45, 7) is 7.01. The van der Waals surface area contributed by atoms with E-state index in [1.54, 1.807) is 17.2 Å². The summed E-state index contributed by atoms with van der Waals surface area (Å²) in [5, 5.41) is 16.3. The smallest absolute Gasteiger partial charge is 0.410 e. The van der Waals surface area contributed by atoms with Crippen molar-refractivity contribution in [3.05, 3.63) is 39.2 Å². The molecule has 0 aliphatic carbocycles. The minimum Gasteiger partial charge on any atom is -0.444 e. The molecule has 154 valence electrons. The fourth-order valence-electron chi connectivity index (χ4n) is 3.80. The monoisotopic (exact) mass is 419 g/mol. The number of anilines is 1. The number of fused-ring (bicyclic) bond motifs is 3. The average molecular weight is 420 g/mol. The first-order valence-corrected chi connectivity index (χ1v) is 9.66. The van der Waals surface area contributed by atoms with Crippen LogP contribution in [0.1, 0.15) is 32.5 Å². The molecule has 1 aromatic carbocycles. The van der Waals surface area contributed by atoms with Gasteiger partial charge in [-0.25, -0.2) is 4.79 Å². The van der Waals surface area contributed by atoms with Crippen LogP contribution in [0.2, 0.25) is 5.02 Å². The SMILES string of the molecule is CN1Cc2c(cnn2C2CN(C(=O)OC(C)(C)C)C2)-c2cc(Cl)cc([N+](=O)[O-])c21. The normalized spacial score (nSPS) is 16.2. The zero-order valence-electron chi connectivity index (χ0n) is 16.7. The summed E-state index contributed by atoms with van der Waals surface area (Å²) < 4.78 is 7.31. The molecule has 0 bridgehead atoms. The molecular weight excluding hydrogens is 398 g/mol. The van der Waals surface area contributed by atoms with Crippen molar-refractivity contribution in [2.45, 2.75) is 39.0 Å². The highest BCUT2D eigenvalue weighted by molar-refractivity contribution is 6.31. The molecule has 10 heteroatoms. The lowest BCUT2D eigenvalue weighted by Gasteiger charge is -2.41. The zero-order chi connectivity index (χ0) is 21.1. The van der Waals surface area contributed by atoms with E-state index < -0.39 is 10.5 Å². The van der Waals surface area contributed by atoms with Crippen molar-refractivity contribution in [2.24, 2.45) is 0 Å². The number of carbonyl (C=O) groups is 1. The van der Waals surface area contributed by atoms with Gasteiger partial charge in [0.1, 0.15) is 11.3 Å². The van der Waals surface area contributed by atoms with Gasteiger partial charge in [-0.3, -0.25) is 14.8 Å². The van der Waals surface area contributed by atoms with Gasteiger partial charge in [-0.2, -0.15) is 5.10 Å². The Kier molecular flexibility index (Phi) is 4.45. The number of hydrogen-bond acceptors (Lipinski definition) is 6. The third-order valence-electron chi connectivity index (χ3n) is 5.07. The number of carbonyl (C=O) groups excluding carboxylic acids is 1. The van der Waals surface area contributed by atoms with Crippen LogP contribution < -0.4 is 4.90 Å². The minimum absolute atomic E-state index is 0.0202. The van der Waals surface area contributed by atoms with Gasteiger partial charge in [-0.15, -0.1) is 0 Å². The van der Waals surface area contributed by atoms with Gasteiger partial charge >= 0.3 is 6.09 Å². The second-order valence-corrected chi connectivity index (χ2v) is 8.86. The number of aromatic nitrogens is 2. The van der Waals surface area contributed by atoms with Gasteiger partial charge in [-0.05, 0) is 26.8 Å². The number of likely N-dealkylation sites (tertiary alicyclic amines) is 1. The summed E-state index contributed by atoms with van der Waals surface area (Å²) >= 11 is 6.15. The van der Waals surface area contributed by atoms with E-state index in [-0.39, 0.29) is 17.8 Å². The van der Waals surface area contributed by atoms with Gasteiger partial charge in [0.25, 0.3) is 5.69 Å². The first-order valence-electron chi connectivity index (χ1n) is 9.29. The Morgan fingerprint density at radius 2 is 2.00 bits per heavy atom. The predicted molar refractivity (Wildman–Crippen MR) is 108 cm³/mol. The lowest BCUT2D eigenvalue weighted by atomic mass is 9.97. The number of benzene rings is 1. The molecule has 0 saturated carbocycles. The van der Waals surface area contributed by atoms with Crippen molar-refractivity contribution in [3.8, 4) is 11.1 Å². The van der Waals surface area contributed by atoms with Gasteiger partial charge in [0, 0.05) is 42.4 Å². The lowest BCUT2D eigenvalue weighted by Crippen LogP contribution is -2.52. The Hall–Kier alpha value is -2.81. The Balaban J connectivity index is 1.62. The first kappa shape index (κ1) is 19.5. The van der Waals surface area contributed by atoms with Crippen molar-refractivity contribution in [1.29, 1.82) is 0 Å². The Morgan fingerprint density at radius 1 is 1.31 bits per heavy atom. The molecule has 0 N–H and O–H groups in total. The van der Waals surface area contributed by atoms with Gasteiger partial charge < -0.3 is 14.5 Å². The van der Waals surface area contributed by atoms with Gasteiger partial charge in [0.2, 0.25) is 0 Å². The maximum absolute atomic E-state index is 12.2. The number of ether oxygens (including phenoxy) is 1. The summed E-state index contributed by atoms with van der Waals surface area (Å²) in [5.74, 6) is 0. The van der Waals surface area contributed by atoms with E-state index in [2.05, 4.69) is 5.10 Å². The molecule has 1 saturated heterocycles. The molecular formula is C19H22ClN5O4. The van der Waals surface area contributed by atoms with Gasteiger partial charge in [-0.1, -0.05) is 11.6 Å².